The van der Waals surface area contributed by atoms with E-state index in [0.29, 0.717) is 12.1 Å². The number of aliphatic hydroxyl groups excluding tert-OH is 1. The molecule has 0 saturated heterocycles. The molecule has 1 rings (SSSR count). The SMILES string of the molecule is Cc1ccc(S(=O)(=O)NCC(C)(C)C)cc1CO. The van der Waals surface area contributed by atoms with Crippen molar-refractivity contribution in [3.63, 3.8) is 0 Å². The first-order valence-electron chi connectivity index (χ1n) is 5.86. The maximum Gasteiger partial charge on any atom is 0.240 e. The van der Waals surface area contributed by atoms with Crippen LogP contribution in [-0.4, -0.2) is 20.1 Å². The van der Waals surface area contributed by atoms with E-state index in [0.717, 1.165) is 5.56 Å². The Bertz CT molecular complexity index is 516. The van der Waals surface area contributed by atoms with E-state index in [4.69, 9.17) is 5.11 Å². The second-order valence-corrected chi connectivity index (χ2v) is 7.40. The zero-order valence-electron chi connectivity index (χ0n) is 11.3. The van der Waals surface area contributed by atoms with E-state index in [1.807, 2.05) is 27.7 Å². The van der Waals surface area contributed by atoms with Crippen LogP contribution in [0.1, 0.15) is 31.9 Å². The lowest BCUT2D eigenvalue weighted by Gasteiger charge is -2.19. The van der Waals surface area contributed by atoms with Gasteiger partial charge in [-0.05, 0) is 35.6 Å². The fourth-order valence-corrected chi connectivity index (χ4v) is 2.71. The predicted octanol–water partition coefficient (Wildman–Crippen LogP) is 1.81. The fraction of sp³-hybridized carbons (Fsp3) is 0.538. The van der Waals surface area contributed by atoms with Gasteiger partial charge in [0, 0.05) is 6.54 Å². The van der Waals surface area contributed by atoms with Crippen LogP contribution in [0.25, 0.3) is 0 Å². The molecule has 0 fully saturated rings. The lowest BCUT2D eigenvalue weighted by molar-refractivity contribution is 0.280. The zero-order valence-corrected chi connectivity index (χ0v) is 12.1. The average molecular weight is 271 g/mol. The topological polar surface area (TPSA) is 66.4 Å². The van der Waals surface area contributed by atoms with Gasteiger partial charge in [-0.3, -0.25) is 0 Å². The van der Waals surface area contributed by atoms with E-state index < -0.39 is 10.0 Å². The van der Waals surface area contributed by atoms with Crippen LogP contribution in [0.2, 0.25) is 0 Å². The van der Waals surface area contributed by atoms with Crippen molar-refractivity contribution in [2.75, 3.05) is 6.54 Å². The third-order valence-electron chi connectivity index (χ3n) is 2.59. The van der Waals surface area contributed by atoms with E-state index in [1.165, 1.54) is 6.07 Å². The maximum absolute atomic E-state index is 12.1. The predicted molar refractivity (Wildman–Crippen MR) is 71.7 cm³/mol. The molecular weight excluding hydrogens is 250 g/mol. The lowest BCUT2D eigenvalue weighted by atomic mass is 9.98. The quantitative estimate of drug-likeness (QED) is 0.877. The number of aryl methyl sites for hydroxylation is 1. The molecule has 0 radical (unpaired) electrons. The molecule has 0 heterocycles. The maximum atomic E-state index is 12.1. The third kappa shape index (κ3) is 4.08. The first kappa shape index (κ1) is 15.1. The number of rotatable bonds is 4. The van der Waals surface area contributed by atoms with Gasteiger partial charge in [0.2, 0.25) is 10.0 Å². The molecule has 0 bridgehead atoms. The number of hydrogen-bond donors (Lipinski definition) is 2. The second-order valence-electron chi connectivity index (χ2n) is 5.63. The van der Waals surface area contributed by atoms with Crippen molar-refractivity contribution in [3.8, 4) is 0 Å². The molecule has 18 heavy (non-hydrogen) atoms. The number of hydrogen-bond acceptors (Lipinski definition) is 3. The molecule has 0 atom stereocenters. The van der Waals surface area contributed by atoms with Gasteiger partial charge in [-0.1, -0.05) is 26.8 Å². The van der Waals surface area contributed by atoms with Crippen molar-refractivity contribution >= 4 is 10.0 Å². The van der Waals surface area contributed by atoms with Crippen molar-refractivity contribution < 1.29 is 13.5 Å². The van der Waals surface area contributed by atoms with Crippen LogP contribution in [-0.2, 0) is 16.6 Å². The Morgan fingerprint density at radius 2 is 1.89 bits per heavy atom. The molecule has 0 unspecified atom stereocenters. The zero-order chi connectivity index (χ0) is 14.0. The molecule has 0 aliphatic rings. The van der Waals surface area contributed by atoms with E-state index in [1.54, 1.807) is 12.1 Å². The van der Waals surface area contributed by atoms with Crippen LogP contribution in [0.15, 0.2) is 23.1 Å². The minimum absolute atomic E-state index is 0.114. The van der Waals surface area contributed by atoms with Crippen LogP contribution in [0.5, 0.6) is 0 Å². The summed E-state index contributed by atoms with van der Waals surface area (Å²) < 4.78 is 26.7. The van der Waals surface area contributed by atoms with Crippen molar-refractivity contribution in [1.29, 1.82) is 0 Å². The molecule has 0 saturated carbocycles. The van der Waals surface area contributed by atoms with Gasteiger partial charge in [0.05, 0.1) is 11.5 Å². The van der Waals surface area contributed by atoms with E-state index in [2.05, 4.69) is 4.72 Å². The lowest BCUT2D eigenvalue weighted by Crippen LogP contribution is -2.32. The summed E-state index contributed by atoms with van der Waals surface area (Å²) in [7, 11) is -3.50. The summed E-state index contributed by atoms with van der Waals surface area (Å²) in [6, 6.07) is 4.77. The van der Waals surface area contributed by atoms with Gasteiger partial charge in [-0.2, -0.15) is 0 Å². The number of sulfonamides is 1. The Labute approximate surface area is 109 Å². The van der Waals surface area contributed by atoms with Crippen molar-refractivity contribution in [2.24, 2.45) is 5.41 Å². The smallest absolute Gasteiger partial charge is 0.240 e. The molecular formula is C13H21NO3S. The van der Waals surface area contributed by atoms with Gasteiger partial charge in [0.15, 0.2) is 0 Å². The van der Waals surface area contributed by atoms with Gasteiger partial charge >= 0.3 is 0 Å². The Morgan fingerprint density at radius 3 is 2.39 bits per heavy atom. The molecule has 0 aliphatic heterocycles. The standard InChI is InChI=1S/C13H21NO3S/c1-10-5-6-12(7-11(10)8-15)18(16,17)14-9-13(2,3)4/h5-7,14-15H,8-9H2,1-4H3. The monoisotopic (exact) mass is 271 g/mol. The normalized spacial score (nSPS) is 12.7. The van der Waals surface area contributed by atoms with Crippen LogP contribution >= 0.6 is 0 Å². The van der Waals surface area contributed by atoms with Crippen molar-refractivity contribution in [2.45, 2.75) is 39.2 Å². The molecule has 0 amide bonds. The summed E-state index contributed by atoms with van der Waals surface area (Å²) in [6.45, 7) is 7.94. The third-order valence-corrected chi connectivity index (χ3v) is 3.99. The number of aliphatic hydroxyl groups is 1. The highest BCUT2D eigenvalue weighted by atomic mass is 32.2. The molecule has 5 heteroatoms. The Kier molecular flexibility index (Phi) is 4.53. The minimum Gasteiger partial charge on any atom is -0.392 e. The van der Waals surface area contributed by atoms with Crippen LogP contribution in [0, 0.1) is 12.3 Å². The van der Waals surface area contributed by atoms with E-state index in [9.17, 15) is 8.42 Å². The van der Waals surface area contributed by atoms with Gasteiger partial charge < -0.3 is 5.11 Å². The average Bonchev–Trinajstić information content (AvgIpc) is 2.26. The molecule has 0 aliphatic carbocycles. The minimum atomic E-state index is -3.50. The Balaban J connectivity index is 2.99. The second kappa shape index (κ2) is 5.38. The van der Waals surface area contributed by atoms with Crippen LogP contribution < -0.4 is 4.72 Å². The van der Waals surface area contributed by atoms with Crippen molar-refractivity contribution in [1.82, 2.24) is 4.72 Å². The summed E-state index contributed by atoms with van der Waals surface area (Å²) in [5.74, 6) is 0. The van der Waals surface area contributed by atoms with Crippen LogP contribution in [0.4, 0.5) is 0 Å². The van der Waals surface area contributed by atoms with E-state index >= 15 is 0 Å². The fourth-order valence-electron chi connectivity index (χ4n) is 1.38. The van der Waals surface area contributed by atoms with Gasteiger partial charge in [0.25, 0.3) is 0 Å². The highest BCUT2D eigenvalue weighted by molar-refractivity contribution is 7.89. The highest BCUT2D eigenvalue weighted by Gasteiger charge is 2.19. The summed E-state index contributed by atoms with van der Waals surface area (Å²) in [6.07, 6.45) is 0. The van der Waals surface area contributed by atoms with Crippen LogP contribution in [0.3, 0.4) is 0 Å². The number of benzene rings is 1. The largest absolute Gasteiger partial charge is 0.392 e. The highest BCUT2D eigenvalue weighted by Crippen LogP contribution is 2.17. The molecule has 2 N–H and O–H groups in total. The van der Waals surface area contributed by atoms with E-state index in [-0.39, 0.29) is 16.9 Å². The molecule has 4 nitrogen and oxygen atoms in total. The van der Waals surface area contributed by atoms with Gasteiger partial charge in [0.1, 0.15) is 0 Å². The summed E-state index contributed by atoms with van der Waals surface area (Å²) >= 11 is 0. The number of nitrogens with one attached hydrogen (secondary N) is 1. The van der Waals surface area contributed by atoms with Gasteiger partial charge in [-0.25, -0.2) is 13.1 Å². The first-order chi connectivity index (χ1) is 8.15. The first-order valence-corrected chi connectivity index (χ1v) is 7.34. The van der Waals surface area contributed by atoms with Gasteiger partial charge in [-0.15, -0.1) is 0 Å². The molecule has 1 aromatic rings. The summed E-state index contributed by atoms with van der Waals surface area (Å²) in [5, 5.41) is 9.15. The summed E-state index contributed by atoms with van der Waals surface area (Å²) in [4.78, 5) is 0.196. The van der Waals surface area contributed by atoms with Crippen molar-refractivity contribution in [3.05, 3.63) is 29.3 Å². The Hall–Kier alpha value is -0.910. The molecule has 0 spiro atoms. The Morgan fingerprint density at radius 1 is 1.28 bits per heavy atom. The molecule has 1 aromatic carbocycles. The molecule has 102 valence electrons. The summed E-state index contributed by atoms with van der Waals surface area (Å²) in [5.41, 5.74) is 1.40. The molecule has 0 aromatic heterocycles.